The quantitative estimate of drug-likeness (QED) is 0.0797. The highest BCUT2D eigenvalue weighted by Gasteiger charge is 2.35. The molecule has 0 saturated carbocycles. The Morgan fingerprint density at radius 3 is 0.537 bits per heavy atom. The molecule has 15 rings (SSSR count). The minimum atomic E-state index is -0.120. The van der Waals surface area contributed by atoms with Gasteiger partial charge in [-0.15, -0.1) is 0 Å². The van der Waals surface area contributed by atoms with E-state index >= 15 is 0 Å². The summed E-state index contributed by atoms with van der Waals surface area (Å²) in [4.78, 5) is 20.6. The fourth-order valence-electron chi connectivity index (χ4n) is 14.0. The second-order valence-electron chi connectivity index (χ2n) is 36.1. The summed E-state index contributed by atoms with van der Waals surface area (Å²) in [6, 6.07) is 149. The molecule has 0 bridgehead atoms. The zero-order valence-electron chi connectivity index (χ0n) is 75.0. The molecule has 0 aliphatic carbocycles. The lowest BCUT2D eigenvalue weighted by Gasteiger charge is -2.21. The lowest BCUT2D eigenvalue weighted by molar-refractivity contribution is 0.589. The average molecular weight is 1680 g/mol. The van der Waals surface area contributed by atoms with E-state index in [1.54, 1.807) is 0 Å². The molecular formula is C116H127S5+5. The third kappa shape index (κ3) is 25.8. The van der Waals surface area contributed by atoms with Gasteiger partial charge >= 0.3 is 0 Å². The van der Waals surface area contributed by atoms with Crippen molar-refractivity contribution in [3.63, 3.8) is 0 Å². The van der Waals surface area contributed by atoms with Gasteiger partial charge in [0.1, 0.15) is 0 Å². The summed E-state index contributed by atoms with van der Waals surface area (Å²) in [5, 5.41) is 0. The van der Waals surface area contributed by atoms with Gasteiger partial charge in [0.15, 0.2) is 73.4 Å². The maximum Gasteiger partial charge on any atom is 0.169 e. The van der Waals surface area contributed by atoms with E-state index in [0.717, 1.165) is 6.42 Å². The van der Waals surface area contributed by atoms with Crippen molar-refractivity contribution >= 4 is 54.5 Å². The van der Waals surface area contributed by atoms with Gasteiger partial charge in [0.05, 0.1) is 54.5 Å². The first kappa shape index (κ1) is 91.8. The molecule has 5 heteroatoms. The highest BCUT2D eigenvalue weighted by molar-refractivity contribution is 7.98. The third-order valence-electron chi connectivity index (χ3n) is 21.3. The van der Waals surface area contributed by atoms with E-state index in [2.05, 4.69) is 538 Å². The number of hydrogen-bond acceptors (Lipinski definition) is 0. The largest absolute Gasteiger partial charge is 0.169 e. The van der Waals surface area contributed by atoms with E-state index in [9.17, 15) is 0 Å². The van der Waals surface area contributed by atoms with Crippen molar-refractivity contribution in [1.29, 1.82) is 0 Å². The molecule has 15 aromatic carbocycles. The second-order valence-corrected chi connectivity index (χ2v) is 46.2. The molecule has 0 radical (unpaired) electrons. The summed E-state index contributed by atoms with van der Waals surface area (Å²) in [6.45, 7) is 43.0. The molecule has 0 aromatic heterocycles. The molecule has 0 N–H and O–H groups in total. The lowest BCUT2D eigenvalue weighted by Crippen LogP contribution is -2.13. The van der Waals surface area contributed by atoms with E-state index in [-0.39, 0.29) is 81.5 Å². The van der Waals surface area contributed by atoms with Crippen molar-refractivity contribution in [1.82, 2.24) is 0 Å². The van der Waals surface area contributed by atoms with E-state index in [1.165, 1.54) is 118 Å². The van der Waals surface area contributed by atoms with Gasteiger partial charge in [0, 0.05) is 5.56 Å². The maximum absolute atomic E-state index is 2.33. The first-order valence-electron chi connectivity index (χ1n) is 42.8. The number of hydrogen-bond donors (Lipinski definition) is 0. The van der Waals surface area contributed by atoms with Crippen LogP contribution in [0.3, 0.4) is 0 Å². The highest BCUT2D eigenvalue weighted by atomic mass is 32.2. The van der Waals surface area contributed by atoms with E-state index in [0.29, 0.717) is 5.92 Å². The van der Waals surface area contributed by atoms with Crippen LogP contribution in [0, 0.1) is 6.92 Å². The van der Waals surface area contributed by atoms with Gasteiger partial charge in [-0.3, -0.25) is 0 Å². The Kier molecular flexibility index (Phi) is 32.4. The first-order chi connectivity index (χ1) is 57.9. The number of rotatable bonds is 17. The van der Waals surface area contributed by atoms with Crippen LogP contribution < -0.4 is 0 Å². The standard InChI is InChI=1S/C30H39S.C26H31S.C21H21S.C20H19S.C19H17S/c1-28(2,3)22-10-16-25(17-11-22)31(26-18-12-23(13-19-26)29(4,5)6)27-20-14-24(15-21-27)30(7,8)9;1-25(2,3)20-12-16-23(17-13-20)27(22-10-8-7-9-11-22)24-18-14-21(15-19-24)26(4,5)6;1-17(2)18-13-15-21(16-14-18)22(19-9-5-3-6-10-19)20-11-7-4-8-12-20;1-2-17-13-15-20(16-14-17)21(18-9-5-3-6-10-18)19-11-7-4-8-12-19;1-16-10-8-9-15-19(16)20(17-11-4-2-5-12-17)18-13-6-3-7-14-18/h10-21H,1-9H3;7-19H,1-6H3;3-17H,1-2H3;3-16H,2H2,1H3;2-15H,1H3/q5*+1. The van der Waals surface area contributed by atoms with E-state index in [1.807, 2.05) is 0 Å². The Bertz CT molecular complexity index is 5220. The highest BCUT2D eigenvalue weighted by Crippen LogP contribution is 2.40. The molecule has 616 valence electrons. The zero-order chi connectivity index (χ0) is 86.3. The molecule has 0 amide bonds. The minimum absolute atomic E-state index is 0.0249. The Labute approximate surface area is 743 Å². The Balaban J connectivity index is 0.000000149. The average Bonchev–Trinajstić information content (AvgIpc) is 0.865. The van der Waals surface area contributed by atoms with Crippen LogP contribution in [0.25, 0.3) is 0 Å². The van der Waals surface area contributed by atoms with Gasteiger partial charge in [-0.05, 0) is 261 Å². The van der Waals surface area contributed by atoms with Crippen LogP contribution in [0.15, 0.2) is 480 Å². The molecule has 0 nitrogen and oxygen atoms in total. The van der Waals surface area contributed by atoms with Crippen molar-refractivity contribution in [3.05, 3.63) is 451 Å². The summed E-state index contributed by atoms with van der Waals surface area (Å²) in [7, 11) is -0.292. The summed E-state index contributed by atoms with van der Waals surface area (Å²) >= 11 is 0. The van der Waals surface area contributed by atoms with E-state index < -0.39 is 0 Å². The lowest BCUT2D eigenvalue weighted by atomic mass is 9.87. The van der Waals surface area contributed by atoms with Crippen molar-refractivity contribution in [3.8, 4) is 0 Å². The van der Waals surface area contributed by atoms with Crippen LogP contribution in [0.4, 0.5) is 0 Å². The number of aryl methyl sites for hydroxylation is 2. The van der Waals surface area contributed by atoms with Gasteiger partial charge in [-0.25, -0.2) is 0 Å². The monoisotopic (exact) mass is 1680 g/mol. The summed E-state index contributed by atoms with van der Waals surface area (Å²) in [5.41, 5.74) is 11.9. The molecular weight excluding hydrogens is 1550 g/mol. The minimum Gasteiger partial charge on any atom is -0.0619 e. The van der Waals surface area contributed by atoms with Crippen LogP contribution in [-0.2, 0) is 88.0 Å². The summed E-state index contributed by atoms with van der Waals surface area (Å²) < 4.78 is 0. The van der Waals surface area contributed by atoms with Gasteiger partial charge in [0.2, 0.25) is 0 Å². The van der Waals surface area contributed by atoms with Crippen molar-refractivity contribution in [2.24, 2.45) is 0 Å². The first-order valence-corrected chi connectivity index (χ1v) is 48.9. The van der Waals surface area contributed by atoms with Crippen LogP contribution in [0.5, 0.6) is 0 Å². The van der Waals surface area contributed by atoms with Gasteiger partial charge in [0.25, 0.3) is 0 Å². The molecule has 0 heterocycles. The molecule has 0 aliphatic heterocycles. The fourth-order valence-corrected chi connectivity index (χ4v) is 24.5. The Morgan fingerprint density at radius 2 is 0.355 bits per heavy atom. The second kappa shape index (κ2) is 42.7. The predicted molar refractivity (Wildman–Crippen MR) is 529 cm³/mol. The van der Waals surface area contributed by atoms with Gasteiger partial charge in [-0.2, -0.15) is 0 Å². The van der Waals surface area contributed by atoms with Crippen LogP contribution in [-0.4, -0.2) is 0 Å². The predicted octanol–water partition coefficient (Wildman–Crippen LogP) is 32.4. The summed E-state index contributed by atoms with van der Waals surface area (Å²) in [6.07, 6.45) is 1.09. The molecule has 121 heavy (non-hydrogen) atoms. The van der Waals surface area contributed by atoms with Crippen molar-refractivity contribution < 1.29 is 0 Å². The van der Waals surface area contributed by atoms with Crippen LogP contribution >= 0.6 is 0 Å². The van der Waals surface area contributed by atoms with Crippen LogP contribution in [0.2, 0.25) is 0 Å². The zero-order valence-corrected chi connectivity index (χ0v) is 79.1. The van der Waals surface area contributed by atoms with Gasteiger partial charge < -0.3 is 0 Å². The van der Waals surface area contributed by atoms with Crippen LogP contribution in [0.1, 0.15) is 175 Å². The molecule has 0 fully saturated rings. The molecule has 0 saturated heterocycles. The summed E-state index contributed by atoms with van der Waals surface area (Å²) in [5.74, 6) is 0.573. The Morgan fingerprint density at radius 1 is 0.190 bits per heavy atom. The molecule has 15 aromatic rings. The molecule has 0 aliphatic rings. The smallest absolute Gasteiger partial charge is 0.0619 e. The number of benzene rings is 15. The normalized spacial score (nSPS) is 11.7. The third-order valence-corrected chi connectivity index (χ3v) is 32.6. The van der Waals surface area contributed by atoms with Gasteiger partial charge in [-0.1, -0.05) is 355 Å². The van der Waals surface area contributed by atoms with Crippen molar-refractivity contribution in [2.45, 2.75) is 244 Å². The van der Waals surface area contributed by atoms with E-state index in [4.69, 9.17) is 0 Å². The maximum atomic E-state index is 2.33. The van der Waals surface area contributed by atoms with Crippen molar-refractivity contribution in [2.75, 3.05) is 0 Å². The molecule has 0 spiro atoms. The topological polar surface area (TPSA) is 0 Å². The SMILES string of the molecule is CC(C)(C)c1ccc([S+](c2ccc(C(C)(C)C)cc2)c2ccc(C(C)(C)C)cc2)cc1.CC(C)(C)c1ccc([S+](c2ccccc2)c2ccc(C(C)(C)C)cc2)cc1.CC(C)c1ccc([S+](c2ccccc2)c2ccccc2)cc1.CCc1ccc([S+](c2ccccc2)c2ccccc2)cc1.Cc1ccccc1[S+](c1ccccc1)c1ccccc1. The fraction of sp³-hybridized carbons (Fsp3) is 0.224. The Hall–Kier alpha value is -9.95. The molecule has 0 unspecified atom stereocenters. The molecule has 0 atom stereocenters.